The molecule has 0 bridgehead atoms. The summed E-state index contributed by atoms with van der Waals surface area (Å²) in [6.45, 7) is 3.01. The maximum Gasteiger partial charge on any atom is 0.229 e. The van der Waals surface area contributed by atoms with Gasteiger partial charge >= 0.3 is 0 Å². The molecule has 0 spiro atoms. The first kappa shape index (κ1) is 16.5. The second-order valence-electron chi connectivity index (χ2n) is 5.39. The average molecular weight is 383 g/mol. The number of hydrogen-bond acceptors (Lipinski definition) is 4. The number of benzene rings is 2. The van der Waals surface area contributed by atoms with Gasteiger partial charge in [-0.2, -0.15) is 4.98 Å². The van der Waals surface area contributed by atoms with Crippen LogP contribution in [0.25, 0.3) is 11.3 Å². The Morgan fingerprint density at radius 3 is 2.42 bits per heavy atom. The van der Waals surface area contributed by atoms with Gasteiger partial charge in [-0.25, -0.2) is 4.98 Å². The molecule has 0 atom stereocenters. The second-order valence-corrected chi connectivity index (χ2v) is 6.30. The summed E-state index contributed by atoms with van der Waals surface area (Å²) in [5.41, 5.74) is 2.91. The highest BCUT2D eigenvalue weighted by atomic mass is 79.9. The van der Waals surface area contributed by atoms with Crippen molar-refractivity contribution in [1.82, 2.24) is 9.97 Å². The minimum Gasteiger partial charge on any atom is -0.370 e. The van der Waals surface area contributed by atoms with E-state index >= 15 is 0 Å². The van der Waals surface area contributed by atoms with Crippen molar-refractivity contribution in [2.75, 3.05) is 17.2 Å². The van der Waals surface area contributed by atoms with Crippen LogP contribution in [-0.4, -0.2) is 16.5 Å². The smallest absolute Gasteiger partial charge is 0.229 e. The van der Waals surface area contributed by atoms with E-state index in [-0.39, 0.29) is 0 Å². The Balaban J connectivity index is 1.93. The van der Waals surface area contributed by atoms with Crippen molar-refractivity contribution in [2.24, 2.45) is 0 Å². The van der Waals surface area contributed by atoms with Crippen LogP contribution >= 0.6 is 15.9 Å². The fourth-order valence-electron chi connectivity index (χ4n) is 2.27. The second kappa shape index (κ2) is 7.93. The molecule has 3 aromatic rings. The molecule has 0 aliphatic heterocycles. The van der Waals surface area contributed by atoms with Gasteiger partial charge in [0, 0.05) is 28.3 Å². The van der Waals surface area contributed by atoms with Crippen LogP contribution in [0.4, 0.5) is 17.5 Å². The van der Waals surface area contributed by atoms with Gasteiger partial charge in [0.2, 0.25) is 5.95 Å². The summed E-state index contributed by atoms with van der Waals surface area (Å²) >= 11 is 3.44. The Morgan fingerprint density at radius 2 is 1.71 bits per heavy atom. The molecule has 1 aromatic heterocycles. The first-order valence-corrected chi connectivity index (χ1v) is 8.75. The quantitative estimate of drug-likeness (QED) is 0.593. The molecule has 4 nitrogen and oxygen atoms in total. The monoisotopic (exact) mass is 382 g/mol. The van der Waals surface area contributed by atoms with Gasteiger partial charge in [-0.05, 0) is 30.7 Å². The minimum atomic E-state index is 0.581. The van der Waals surface area contributed by atoms with E-state index in [9.17, 15) is 0 Å². The number of rotatable bonds is 6. The lowest BCUT2D eigenvalue weighted by Crippen LogP contribution is -2.06. The summed E-state index contributed by atoms with van der Waals surface area (Å²) < 4.78 is 1.04. The number of halogens is 1. The fourth-order valence-corrected chi connectivity index (χ4v) is 2.53. The Bertz CT molecular complexity index is 788. The minimum absolute atomic E-state index is 0.581. The number of anilines is 3. The van der Waals surface area contributed by atoms with Gasteiger partial charge in [0.15, 0.2) is 0 Å². The zero-order chi connectivity index (χ0) is 16.8. The third-order valence-electron chi connectivity index (χ3n) is 3.45. The normalized spacial score (nSPS) is 10.4. The largest absolute Gasteiger partial charge is 0.370 e. The van der Waals surface area contributed by atoms with E-state index in [1.807, 2.05) is 48.5 Å². The highest BCUT2D eigenvalue weighted by molar-refractivity contribution is 9.10. The Labute approximate surface area is 150 Å². The van der Waals surface area contributed by atoms with E-state index < -0.39 is 0 Å². The lowest BCUT2D eigenvalue weighted by Gasteiger charge is -2.11. The maximum absolute atomic E-state index is 4.66. The highest BCUT2D eigenvalue weighted by Gasteiger charge is 2.07. The first-order valence-electron chi connectivity index (χ1n) is 7.95. The lowest BCUT2D eigenvalue weighted by molar-refractivity contribution is 0.966. The lowest BCUT2D eigenvalue weighted by atomic mass is 10.1. The molecule has 0 fully saturated rings. The van der Waals surface area contributed by atoms with Gasteiger partial charge in [-0.1, -0.05) is 53.2 Å². The number of aromatic nitrogens is 2. The van der Waals surface area contributed by atoms with Crippen LogP contribution in [0, 0.1) is 0 Å². The molecular formula is C19H19BrN4. The molecule has 122 valence electrons. The summed E-state index contributed by atoms with van der Waals surface area (Å²) in [5, 5.41) is 6.62. The molecule has 0 amide bonds. The molecule has 0 saturated heterocycles. The van der Waals surface area contributed by atoms with Crippen LogP contribution in [0.1, 0.15) is 13.3 Å². The maximum atomic E-state index is 4.66. The van der Waals surface area contributed by atoms with Gasteiger partial charge in [0.1, 0.15) is 5.82 Å². The van der Waals surface area contributed by atoms with Crippen LogP contribution in [0.15, 0.2) is 65.1 Å². The SMILES string of the molecule is CCCNc1cc(-c2ccccc2)nc(Nc2ccc(Br)cc2)n1. The summed E-state index contributed by atoms with van der Waals surface area (Å²) in [6, 6.07) is 20.1. The fraction of sp³-hybridized carbons (Fsp3) is 0.158. The molecule has 0 aliphatic rings. The van der Waals surface area contributed by atoms with Crippen molar-refractivity contribution in [3.8, 4) is 11.3 Å². The molecule has 0 aliphatic carbocycles. The average Bonchev–Trinajstić information content (AvgIpc) is 2.62. The molecule has 5 heteroatoms. The summed E-state index contributed by atoms with van der Waals surface area (Å²) in [4.78, 5) is 9.22. The molecule has 24 heavy (non-hydrogen) atoms. The number of nitrogens with zero attached hydrogens (tertiary/aromatic N) is 2. The molecule has 1 heterocycles. The van der Waals surface area contributed by atoms with Crippen molar-refractivity contribution >= 4 is 33.4 Å². The molecule has 0 unspecified atom stereocenters. The first-order chi connectivity index (χ1) is 11.7. The highest BCUT2D eigenvalue weighted by Crippen LogP contribution is 2.23. The zero-order valence-corrected chi connectivity index (χ0v) is 15.0. The van der Waals surface area contributed by atoms with Gasteiger partial charge in [0.05, 0.1) is 5.69 Å². The topological polar surface area (TPSA) is 49.8 Å². The molecule has 0 radical (unpaired) electrons. The predicted octanol–water partition coefficient (Wildman–Crippen LogP) is 5.47. The van der Waals surface area contributed by atoms with Crippen molar-refractivity contribution in [2.45, 2.75) is 13.3 Å². The van der Waals surface area contributed by atoms with E-state index in [1.54, 1.807) is 0 Å². The Hall–Kier alpha value is -2.40. The molecule has 3 rings (SSSR count). The Kier molecular flexibility index (Phi) is 5.43. The standard InChI is InChI=1S/C19H19BrN4/c1-2-12-21-18-13-17(14-6-4-3-5-7-14)23-19(24-18)22-16-10-8-15(20)9-11-16/h3-11,13H,2,12H2,1H3,(H2,21,22,23,24). The van der Waals surface area contributed by atoms with E-state index in [2.05, 4.69) is 55.6 Å². The third kappa shape index (κ3) is 4.32. The van der Waals surface area contributed by atoms with Crippen LogP contribution in [-0.2, 0) is 0 Å². The van der Waals surface area contributed by atoms with Gasteiger partial charge in [-0.3, -0.25) is 0 Å². The zero-order valence-electron chi connectivity index (χ0n) is 13.5. The van der Waals surface area contributed by atoms with Crippen molar-refractivity contribution < 1.29 is 0 Å². The van der Waals surface area contributed by atoms with E-state index in [1.165, 1.54) is 0 Å². The van der Waals surface area contributed by atoms with Crippen LogP contribution in [0.5, 0.6) is 0 Å². The van der Waals surface area contributed by atoms with E-state index in [4.69, 9.17) is 0 Å². The predicted molar refractivity (Wildman–Crippen MR) is 104 cm³/mol. The molecule has 0 saturated carbocycles. The Morgan fingerprint density at radius 1 is 0.958 bits per heavy atom. The summed E-state index contributed by atoms with van der Waals surface area (Å²) in [5.74, 6) is 1.41. The van der Waals surface area contributed by atoms with Gasteiger partial charge < -0.3 is 10.6 Å². The third-order valence-corrected chi connectivity index (χ3v) is 3.98. The molecule has 2 aromatic carbocycles. The van der Waals surface area contributed by atoms with Crippen molar-refractivity contribution in [3.63, 3.8) is 0 Å². The van der Waals surface area contributed by atoms with E-state index in [0.29, 0.717) is 5.95 Å². The van der Waals surface area contributed by atoms with Crippen molar-refractivity contribution in [1.29, 1.82) is 0 Å². The summed E-state index contributed by atoms with van der Waals surface area (Å²) in [6.07, 6.45) is 1.04. The molecule has 2 N–H and O–H groups in total. The van der Waals surface area contributed by atoms with Crippen molar-refractivity contribution in [3.05, 3.63) is 65.1 Å². The van der Waals surface area contributed by atoms with Gasteiger partial charge in [-0.15, -0.1) is 0 Å². The van der Waals surface area contributed by atoms with Crippen LogP contribution in [0.3, 0.4) is 0 Å². The van der Waals surface area contributed by atoms with Crippen LogP contribution < -0.4 is 10.6 Å². The van der Waals surface area contributed by atoms with Gasteiger partial charge in [0.25, 0.3) is 0 Å². The van der Waals surface area contributed by atoms with Crippen LogP contribution in [0.2, 0.25) is 0 Å². The number of hydrogen-bond donors (Lipinski definition) is 2. The van der Waals surface area contributed by atoms with E-state index in [0.717, 1.165) is 40.2 Å². The summed E-state index contributed by atoms with van der Waals surface area (Å²) in [7, 11) is 0. The molecular weight excluding hydrogens is 364 g/mol. The number of nitrogens with one attached hydrogen (secondary N) is 2.